The highest BCUT2D eigenvalue weighted by Crippen LogP contribution is 2.39. The molecule has 0 bridgehead atoms. The number of fused-ring (bicyclic) bond motifs is 1. The van der Waals surface area contributed by atoms with E-state index in [-0.39, 0.29) is 24.3 Å². The molecule has 3 aromatic rings. The van der Waals surface area contributed by atoms with Crippen molar-refractivity contribution in [1.82, 2.24) is 9.88 Å². The number of ether oxygens (including phenoxy) is 1. The molecule has 10 heteroatoms. The Hall–Kier alpha value is -2.92. The van der Waals surface area contributed by atoms with E-state index in [1.807, 2.05) is 12.1 Å². The molecule has 7 nitrogen and oxygen atoms in total. The van der Waals surface area contributed by atoms with Gasteiger partial charge in [0.1, 0.15) is 5.75 Å². The molecule has 0 saturated carbocycles. The van der Waals surface area contributed by atoms with Crippen LogP contribution in [0, 0.1) is 22.9 Å². The number of aromatic nitrogens is 1. The van der Waals surface area contributed by atoms with Gasteiger partial charge in [-0.3, -0.25) is 4.98 Å². The van der Waals surface area contributed by atoms with Crippen LogP contribution < -0.4 is 10.1 Å². The minimum Gasteiger partial charge on any atom is -0.497 e. The van der Waals surface area contributed by atoms with E-state index < -0.39 is 23.6 Å². The second-order valence-corrected chi connectivity index (χ2v) is 9.97. The molecule has 0 aliphatic carbocycles. The summed E-state index contributed by atoms with van der Waals surface area (Å²) in [7, 11) is 1.57. The lowest BCUT2D eigenvalue weighted by atomic mass is 9.74. The number of aliphatic hydroxyl groups excluding tert-OH is 3. The van der Waals surface area contributed by atoms with E-state index in [2.05, 4.69) is 15.2 Å². The van der Waals surface area contributed by atoms with Crippen LogP contribution in [0.25, 0.3) is 10.9 Å². The molecule has 0 spiro atoms. The molecule has 1 unspecified atom stereocenters. The van der Waals surface area contributed by atoms with Crippen LogP contribution in [0.15, 0.2) is 36.5 Å². The van der Waals surface area contributed by atoms with Crippen molar-refractivity contribution < 1.29 is 33.2 Å². The van der Waals surface area contributed by atoms with E-state index in [0.29, 0.717) is 48.3 Å². The van der Waals surface area contributed by atoms with Gasteiger partial charge in [-0.15, -0.1) is 0 Å². The van der Waals surface area contributed by atoms with E-state index in [9.17, 15) is 28.5 Å². The first-order valence-corrected chi connectivity index (χ1v) is 12.8. The van der Waals surface area contributed by atoms with Crippen LogP contribution in [0.3, 0.4) is 0 Å². The van der Waals surface area contributed by atoms with Crippen LogP contribution in [0.2, 0.25) is 0 Å². The minimum atomic E-state index is -1.48. The van der Waals surface area contributed by atoms with Crippen LogP contribution in [0.1, 0.15) is 42.9 Å². The fourth-order valence-electron chi connectivity index (χ4n) is 5.22. The molecule has 1 saturated heterocycles. The number of hydrogen-bond donors (Lipinski definition) is 4. The topological polar surface area (TPSA) is 98.1 Å². The summed E-state index contributed by atoms with van der Waals surface area (Å²) in [4.78, 5) is 6.58. The van der Waals surface area contributed by atoms with Gasteiger partial charge in [0.05, 0.1) is 25.3 Å². The zero-order valence-corrected chi connectivity index (χ0v) is 21.4. The van der Waals surface area contributed by atoms with E-state index in [0.717, 1.165) is 43.5 Å². The molecule has 1 atom stereocenters. The van der Waals surface area contributed by atoms with E-state index in [4.69, 9.17) is 4.74 Å². The van der Waals surface area contributed by atoms with Crippen molar-refractivity contribution in [2.75, 3.05) is 45.2 Å². The number of methoxy groups -OCH3 is 1. The van der Waals surface area contributed by atoms with Gasteiger partial charge in [0.25, 0.3) is 0 Å². The number of halogens is 3. The van der Waals surface area contributed by atoms with Crippen LogP contribution in [-0.2, 0) is 6.61 Å². The number of likely N-dealkylation sites (tertiary alicyclic amines) is 1. The SMILES string of the molecule is COc1ccc2ncc(CO)c(C(O)CCC3(CO)CCN(CCNc4cc(F)c(F)c(F)c4)CC3)c2c1. The van der Waals surface area contributed by atoms with Gasteiger partial charge in [-0.25, -0.2) is 13.2 Å². The van der Waals surface area contributed by atoms with Gasteiger partial charge in [-0.1, -0.05) is 0 Å². The van der Waals surface area contributed by atoms with Gasteiger partial charge in [-0.2, -0.15) is 0 Å². The monoisotopic (exact) mass is 533 g/mol. The zero-order chi connectivity index (χ0) is 27.3. The maximum atomic E-state index is 13.4. The van der Waals surface area contributed by atoms with Gasteiger partial charge < -0.3 is 30.3 Å². The highest BCUT2D eigenvalue weighted by molar-refractivity contribution is 5.85. The summed E-state index contributed by atoms with van der Waals surface area (Å²) in [6.07, 6.45) is 3.20. The predicted octanol–water partition coefficient (Wildman–Crippen LogP) is 4.15. The van der Waals surface area contributed by atoms with Crippen molar-refractivity contribution >= 4 is 16.6 Å². The first-order chi connectivity index (χ1) is 18.3. The second-order valence-electron chi connectivity index (χ2n) is 9.97. The molecular weight excluding hydrogens is 499 g/mol. The summed E-state index contributed by atoms with van der Waals surface area (Å²) in [5.74, 6) is -3.32. The Morgan fingerprint density at radius 2 is 1.82 bits per heavy atom. The van der Waals surface area contributed by atoms with Crippen molar-refractivity contribution in [3.05, 3.63) is 65.1 Å². The van der Waals surface area contributed by atoms with E-state index >= 15 is 0 Å². The lowest BCUT2D eigenvalue weighted by Crippen LogP contribution is -2.43. The Balaban J connectivity index is 1.34. The third kappa shape index (κ3) is 6.20. The average Bonchev–Trinajstić information content (AvgIpc) is 2.94. The zero-order valence-electron chi connectivity index (χ0n) is 21.4. The molecule has 0 amide bonds. The van der Waals surface area contributed by atoms with Crippen molar-refractivity contribution in [2.45, 2.75) is 38.4 Å². The number of benzene rings is 2. The van der Waals surface area contributed by atoms with E-state index in [1.54, 1.807) is 19.4 Å². The molecule has 2 aromatic carbocycles. The summed E-state index contributed by atoms with van der Waals surface area (Å²) >= 11 is 0. The Morgan fingerprint density at radius 1 is 1.11 bits per heavy atom. The smallest absolute Gasteiger partial charge is 0.194 e. The van der Waals surface area contributed by atoms with Crippen LogP contribution >= 0.6 is 0 Å². The maximum Gasteiger partial charge on any atom is 0.194 e. The quantitative estimate of drug-likeness (QED) is 0.275. The molecule has 206 valence electrons. The number of pyridine rings is 1. The van der Waals surface area contributed by atoms with Gasteiger partial charge in [0.2, 0.25) is 0 Å². The first-order valence-electron chi connectivity index (χ1n) is 12.8. The van der Waals surface area contributed by atoms with Crippen molar-refractivity contribution in [1.29, 1.82) is 0 Å². The lowest BCUT2D eigenvalue weighted by Gasteiger charge is -2.41. The molecule has 38 heavy (non-hydrogen) atoms. The predicted molar refractivity (Wildman–Crippen MR) is 138 cm³/mol. The molecule has 0 radical (unpaired) electrons. The maximum absolute atomic E-state index is 13.4. The van der Waals surface area contributed by atoms with Crippen LogP contribution in [0.5, 0.6) is 5.75 Å². The Morgan fingerprint density at radius 3 is 2.45 bits per heavy atom. The minimum absolute atomic E-state index is 0.00227. The number of piperidine rings is 1. The number of hydrogen-bond acceptors (Lipinski definition) is 7. The first kappa shape index (κ1) is 28.1. The Bertz CT molecular complexity index is 1220. The van der Waals surface area contributed by atoms with Crippen molar-refractivity contribution in [3.63, 3.8) is 0 Å². The summed E-state index contributed by atoms with van der Waals surface area (Å²) < 4.78 is 45.3. The number of nitrogens with zero attached hydrogens (tertiary/aromatic N) is 2. The Labute approximate surface area is 219 Å². The number of nitrogens with one attached hydrogen (secondary N) is 1. The largest absolute Gasteiger partial charge is 0.497 e. The van der Waals surface area contributed by atoms with Crippen LogP contribution in [0.4, 0.5) is 18.9 Å². The summed E-state index contributed by atoms with van der Waals surface area (Å²) in [5.41, 5.74) is 1.72. The van der Waals surface area contributed by atoms with Gasteiger partial charge in [0, 0.05) is 54.7 Å². The average molecular weight is 534 g/mol. The molecule has 1 aliphatic rings. The molecule has 2 heterocycles. The van der Waals surface area contributed by atoms with Crippen molar-refractivity contribution in [2.24, 2.45) is 5.41 Å². The van der Waals surface area contributed by atoms with Gasteiger partial charge in [0.15, 0.2) is 17.5 Å². The molecule has 4 rings (SSSR count). The standard InChI is InChI=1S/C28H34F3N3O4/c1-38-20-2-3-24-21(14-20)26(18(16-35)15-33-24)25(37)4-5-28(17-36)6-9-34(10-7-28)11-8-32-19-12-22(29)27(31)23(30)13-19/h2-3,12-15,25,32,35-37H,4-11,16-17H2,1H3. The van der Waals surface area contributed by atoms with E-state index in [1.165, 1.54) is 0 Å². The molecule has 1 aromatic heterocycles. The number of rotatable bonds is 11. The fraction of sp³-hybridized carbons (Fsp3) is 0.464. The summed E-state index contributed by atoms with van der Waals surface area (Å²) in [5, 5.41) is 35.0. The molecular formula is C28H34F3N3O4. The van der Waals surface area contributed by atoms with Crippen molar-refractivity contribution in [3.8, 4) is 5.75 Å². The fourth-order valence-corrected chi connectivity index (χ4v) is 5.22. The normalized spacial score (nSPS) is 16.5. The Kier molecular flexibility index (Phi) is 9.09. The van der Waals surface area contributed by atoms with Gasteiger partial charge in [-0.05, 0) is 68.0 Å². The summed E-state index contributed by atoms with van der Waals surface area (Å²) in [6, 6.07) is 7.28. The highest BCUT2D eigenvalue weighted by Gasteiger charge is 2.34. The lowest BCUT2D eigenvalue weighted by molar-refractivity contribution is 0.0246. The van der Waals surface area contributed by atoms with Crippen LogP contribution in [-0.4, -0.2) is 65.1 Å². The highest BCUT2D eigenvalue weighted by atomic mass is 19.2. The number of aliphatic hydroxyl groups is 3. The third-order valence-electron chi connectivity index (χ3n) is 7.64. The summed E-state index contributed by atoms with van der Waals surface area (Å²) in [6.45, 7) is 2.24. The third-order valence-corrected chi connectivity index (χ3v) is 7.64. The second kappa shape index (κ2) is 12.3. The molecule has 1 aliphatic heterocycles. The van der Waals surface area contributed by atoms with Gasteiger partial charge >= 0.3 is 0 Å². The molecule has 1 fully saturated rings. The molecule has 4 N–H and O–H groups in total. The number of anilines is 1.